The van der Waals surface area contributed by atoms with E-state index in [1.54, 1.807) is 12.1 Å². The Balaban J connectivity index is 2.32. The minimum absolute atomic E-state index is 0.0199. The van der Waals surface area contributed by atoms with Crippen LogP contribution < -0.4 is 5.32 Å². The van der Waals surface area contributed by atoms with Crippen molar-refractivity contribution in [2.75, 3.05) is 5.32 Å². The second-order valence-electron chi connectivity index (χ2n) is 5.13. The van der Waals surface area contributed by atoms with Crippen LogP contribution in [0, 0.1) is 24.0 Å². The SMILES string of the molecule is CCC(Nc1c(C)nn(C)c1C)c1cccc([N+](=O)[O-])c1. The molecule has 6 nitrogen and oxygen atoms in total. The summed E-state index contributed by atoms with van der Waals surface area (Å²) in [4.78, 5) is 10.5. The third kappa shape index (κ3) is 3.04. The van der Waals surface area contributed by atoms with Gasteiger partial charge in [-0.15, -0.1) is 0 Å². The average molecular weight is 288 g/mol. The average Bonchev–Trinajstić information content (AvgIpc) is 2.70. The van der Waals surface area contributed by atoms with Gasteiger partial charge in [0.15, 0.2) is 0 Å². The van der Waals surface area contributed by atoms with Gasteiger partial charge in [0.1, 0.15) is 0 Å². The van der Waals surface area contributed by atoms with Crippen LogP contribution >= 0.6 is 0 Å². The lowest BCUT2D eigenvalue weighted by Crippen LogP contribution is -2.11. The first-order valence-corrected chi connectivity index (χ1v) is 6.95. The van der Waals surface area contributed by atoms with Gasteiger partial charge in [0.25, 0.3) is 5.69 Å². The lowest BCUT2D eigenvalue weighted by molar-refractivity contribution is -0.384. The van der Waals surface area contributed by atoms with Crippen LogP contribution in [0.4, 0.5) is 11.4 Å². The van der Waals surface area contributed by atoms with Crippen molar-refractivity contribution in [2.45, 2.75) is 33.2 Å². The van der Waals surface area contributed by atoms with Gasteiger partial charge in [-0.3, -0.25) is 14.8 Å². The van der Waals surface area contributed by atoms with Gasteiger partial charge in [-0.05, 0) is 25.8 Å². The number of non-ortho nitro benzene ring substituents is 1. The minimum Gasteiger partial charge on any atom is -0.375 e. The number of nitrogens with zero attached hydrogens (tertiary/aromatic N) is 3. The molecule has 0 saturated carbocycles. The molecule has 21 heavy (non-hydrogen) atoms. The highest BCUT2D eigenvalue weighted by atomic mass is 16.6. The van der Waals surface area contributed by atoms with Gasteiger partial charge in [0.2, 0.25) is 0 Å². The van der Waals surface area contributed by atoms with E-state index in [2.05, 4.69) is 17.3 Å². The molecule has 0 aliphatic rings. The lowest BCUT2D eigenvalue weighted by Gasteiger charge is -2.19. The largest absolute Gasteiger partial charge is 0.375 e. The molecule has 0 saturated heterocycles. The smallest absolute Gasteiger partial charge is 0.269 e. The first kappa shape index (κ1) is 15.0. The van der Waals surface area contributed by atoms with Crippen molar-refractivity contribution >= 4 is 11.4 Å². The van der Waals surface area contributed by atoms with E-state index < -0.39 is 0 Å². The van der Waals surface area contributed by atoms with Crippen LogP contribution in [0.3, 0.4) is 0 Å². The predicted molar refractivity (Wildman–Crippen MR) is 82.4 cm³/mol. The molecule has 1 unspecified atom stereocenters. The summed E-state index contributed by atoms with van der Waals surface area (Å²) < 4.78 is 1.83. The first-order chi connectivity index (χ1) is 9.93. The number of aryl methyl sites for hydroxylation is 2. The highest BCUT2D eigenvalue weighted by Gasteiger charge is 2.17. The summed E-state index contributed by atoms with van der Waals surface area (Å²) >= 11 is 0. The van der Waals surface area contributed by atoms with Crippen LogP contribution in [0.2, 0.25) is 0 Å². The fraction of sp³-hybridized carbons (Fsp3) is 0.400. The van der Waals surface area contributed by atoms with Crippen LogP contribution in [-0.4, -0.2) is 14.7 Å². The number of nitro benzene ring substituents is 1. The summed E-state index contributed by atoms with van der Waals surface area (Å²) in [6.45, 7) is 6.01. The Morgan fingerprint density at radius 1 is 1.43 bits per heavy atom. The predicted octanol–water partition coefficient (Wildman–Crippen LogP) is 3.51. The van der Waals surface area contributed by atoms with Crippen molar-refractivity contribution in [3.63, 3.8) is 0 Å². The van der Waals surface area contributed by atoms with Gasteiger partial charge in [0.05, 0.1) is 28.0 Å². The molecule has 1 heterocycles. The fourth-order valence-electron chi connectivity index (χ4n) is 2.43. The summed E-state index contributed by atoms with van der Waals surface area (Å²) in [7, 11) is 1.90. The third-order valence-corrected chi connectivity index (χ3v) is 3.72. The summed E-state index contributed by atoms with van der Waals surface area (Å²) in [5.74, 6) is 0. The Morgan fingerprint density at radius 3 is 2.67 bits per heavy atom. The van der Waals surface area contributed by atoms with Gasteiger partial charge in [-0.1, -0.05) is 19.1 Å². The molecule has 1 atom stereocenters. The quantitative estimate of drug-likeness (QED) is 0.675. The van der Waals surface area contributed by atoms with Gasteiger partial charge in [-0.25, -0.2) is 0 Å². The van der Waals surface area contributed by atoms with E-state index >= 15 is 0 Å². The van der Waals surface area contributed by atoms with E-state index in [0.717, 1.165) is 29.1 Å². The molecular weight excluding hydrogens is 268 g/mol. The normalized spacial score (nSPS) is 12.2. The molecule has 0 bridgehead atoms. The standard InChI is InChI=1S/C15H20N4O2/c1-5-14(12-7-6-8-13(9-12)19(20)21)16-15-10(2)17-18(4)11(15)3/h6-9,14,16H,5H2,1-4H3. The zero-order valence-electron chi connectivity index (χ0n) is 12.8. The van der Waals surface area contributed by atoms with E-state index in [1.807, 2.05) is 31.6 Å². The molecule has 2 rings (SSSR count). The van der Waals surface area contributed by atoms with Crippen molar-refractivity contribution in [2.24, 2.45) is 7.05 Å². The van der Waals surface area contributed by atoms with E-state index in [-0.39, 0.29) is 16.7 Å². The van der Waals surface area contributed by atoms with Crippen molar-refractivity contribution < 1.29 is 4.92 Å². The molecular formula is C15H20N4O2. The second kappa shape index (κ2) is 5.95. The summed E-state index contributed by atoms with van der Waals surface area (Å²) in [5.41, 5.74) is 4.01. The number of anilines is 1. The van der Waals surface area contributed by atoms with Crippen molar-refractivity contribution in [3.05, 3.63) is 51.3 Å². The van der Waals surface area contributed by atoms with E-state index in [1.165, 1.54) is 6.07 Å². The topological polar surface area (TPSA) is 73.0 Å². The molecule has 0 aliphatic heterocycles. The molecule has 1 N–H and O–H groups in total. The maximum atomic E-state index is 10.9. The van der Waals surface area contributed by atoms with Crippen LogP contribution in [0.15, 0.2) is 24.3 Å². The number of rotatable bonds is 5. The lowest BCUT2D eigenvalue weighted by atomic mass is 10.0. The monoisotopic (exact) mass is 288 g/mol. The zero-order chi connectivity index (χ0) is 15.6. The number of aromatic nitrogens is 2. The molecule has 112 valence electrons. The molecule has 0 aliphatic carbocycles. The highest BCUT2D eigenvalue weighted by molar-refractivity contribution is 5.54. The number of benzene rings is 1. The third-order valence-electron chi connectivity index (χ3n) is 3.72. The van der Waals surface area contributed by atoms with Gasteiger partial charge in [0, 0.05) is 19.2 Å². The Morgan fingerprint density at radius 2 is 2.14 bits per heavy atom. The zero-order valence-corrected chi connectivity index (χ0v) is 12.8. The fourth-order valence-corrected chi connectivity index (χ4v) is 2.43. The Hall–Kier alpha value is -2.37. The number of nitro groups is 1. The highest BCUT2D eigenvalue weighted by Crippen LogP contribution is 2.28. The molecule has 1 aromatic heterocycles. The van der Waals surface area contributed by atoms with E-state index in [4.69, 9.17) is 0 Å². The van der Waals surface area contributed by atoms with Crippen LogP contribution in [0.5, 0.6) is 0 Å². The summed E-state index contributed by atoms with van der Waals surface area (Å²) in [6, 6.07) is 6.79. The van der Waals surface area contributed by atoms with Crippen molar-refractivity contribution in [3.8, 4) is 0 Å². The number of nitrogens with one attached hydrogen (secondary N) is 1. The molecule has 2 aromatic rings. The molecule has 0 spiro atoms. The number of hydrogen-bond donors (Lipinski definition) is 1. The van der Waals surface area contributed by atoms with E-state index in [9.17, 15) is 10.1 Å². The first-order valence-electron chi connectivity index (χ1n) is 6.95. The van der Waals surface area contributed by atoms with Crippen molar-refractivity contribution in [1.29, 1.82) is 0 Å². The molecule has 6 heteroatoms. The Labute approximate surface area is 123 Å². The molecule has 0 fully saturated rings. The summed E-state index contributed by atoms with van der Waals surface area (Å²) in [6.07, 6.45) is 0.828. The molecule has 0 amide bonds. The van der Waals surface area contributed by atoms with Crippen LogP contribution in [0.25, 0.3) is 0 Å². The van der Waals surface area contributed by atoms with Gasteiger partial charge in [-0.2, -0.15) is 5.10 Å². The van der Waals surface area contributed by atoms with Crippen LogP contribution in [-0.2, 0) is 7.05 Å². The maximum Gasteiger partial charge on any atom is 0.269 e. The van der Waals surface area contributed by atoms with Gasteiger partial charge < -0.3 is 5.32 Å². The molecule has 1 aromatic carbocycles. The second-order valence-corrected chi connectivity index (χ2v) is 5.13. The van der Waals surface area contributed by atoms with Crippen LogP contribution in [0.1, 0.15) is 36.3 Å². The Kier molecular flexibility index (Phi) is 4.26. The minimum atomic E-state index is -0.364. The number of hydrogen-bond acceptors (Lipinski definition) is 4. The van der Waals surface area contributed by atoms with Gasteiger partial charge >= 0.3 is 0 Å². The summed E-state index contributed by atoms with van der Waals surface area (Å²) in [5, 5.41) is 18.8. The van der Waals surface area contributed by atoms with E-state index in [0.29, 0.717) is 0 Å². The Bertz CT molecular complexity index is 664. The van der Waals surface area contributed by atoms with Crippen molar-refractivity contribution in [1.82, 2.24) is 9.78 Å². The molecule has 0 radical (unpaired) electrons. The maximum absolute atomic E-state index is 10.9.